The van der Waals surface area contributed by atoms with Crippen LogP contribution in [0.1, 0.15) is 31.9 Å². The Morgan fingerprint density at radius 3 is 2.40 bits per heavy atom. The molecule has 0 fully saturated rings. The molecular formula is C17H20ClFN4O2. The number of alkyl carbamates (subject to hydrolysis) is 1. The highest BCUT2D eigenvalue weighted by atomic mass is 35.5. The van der Waals surface area contributed by atoms with E-state index >= 15 is 0 Å². The van der Waals surface area contributed by atoms with E-state index in [0.717, 1.165) is 17.3 Å². The third-order valence-corrected chi connectivity index (χ3v) is 3.22. The molecule has 1 amide bonds. The lowest BCUT2D eigenvalue weighted by molar-refractivity contribution is 0.0523. The van der Waals surface area contributed by atoms with Crippen molar-refractivity contribution in [3.05, 3.63) is 52.7 Å². The number of aromatic nitrogens is 2. The summed E-state index contributed by atoms with van der Waals surface area (Å²) < 4.78 is 18.7. The van der Waals surface area contributed by atoms with E-state index in [1.807, 2.05) is 45.0 Å². The molecular weight excluding hydrogens is 347 g/mol. The van der Waals surface area contributed by atoms with Crippen molar-refractivity contribution in [2.24, 2.45) is 0 Å². The van der Waals surface area contributed by atoms with Crippen LogP contribution in [-0.2, 0) is 17.8 Å². The van der Waals surface area contributed by atoms with Gasteiger partial charge in [0.15, 0.2) is 11.6 Å². The highest BCUT2D eigenvalue weighted by Gasteiger charge is 2.15. The Kier molecular flexibility index (Phi) is 6.14. The smallest absolute Gasteiger partial charge is 0.407 e. The third-order valence-electron chi connectivity index (χ3n) is 3.03. The van der Waals surface area contributed by atoms with Gasteiger partial charge in [-0.05, 0) is 43.5 Å². The Balaban J connectivity index is 1.85. The molecule has 0 bridgehead atoms. The van der Waals surface area contributed by atoms with Crippen LogP contribution in [-0.4, -0.2) is 21.7 Å². The summed E-state index contributed by atoms with van der Waals surface area (Å²) in [5.41, 5.74) is 1.32. The van der Waals surface area contributed by atoms with Crippen LogP contribution in [0.2, 0.25) is 5.28 Å². The number of hydrogen-bond donors (Lipinski definition) is 2. The number of hydrogen-bond acceptors (Lipinski definition) is 5. The van der Waals surface area contributed by atoms with Gasteiger partial charge in [0, 0.05) is 13.1 Å². The molecule has 134 valence electrons. The van der Waals surface area contributed by atoms with Crippen LogP contribution in [0.5, 0.6) is 0 Å². The van der Waals surface area contributed by atoms with Crippen molar-refractivity contribution in [3.63, 3.8) is 0 Å². The molecule has 0 aliphatic carbocycles. The molecule has 0 spiro atoms. The van der Waals surface area contributed by atoms with E-state index in [-0.39, 0.29) is 11.1 Å². The van der Waals surface area contributed by atoms with E-state index in [1.54, 1.807) is 0 Å². The van der Waals surface area contributed by atoms with Gasteiger partial charge < -0.3 is 15.4 Å². The van der Waals surface area contributed by atoms with Gasteiger partial charge in [0.1, 0.15) is 5.60 Å². The second-order valence-electron chi connectivity index (χ2n) is 6.36. The van der Waals surface area contributed by atoms with Crippen LogP contribution >= 0.6 is 11.6 Å². The normalized spacial score (nSPS) is 11.1. The molecule has 0 radical (unpaired) electrons. The van der Waals surface area contributed by atoms with E-state index in [2.05, 4.69) is 20.6 Å². The second-order valence-corrected chi connectivity index (χ2v) is 6.70. The first-order chi connectivity index (χ1) is 11.7. The standard InChI is InChI=1S/C17H20ClFN4O2/c1-17(2,3)25-16(24)22-9-12-6-4-11(5-7-12)8-20-14-13(19)10-21-15(18)23-14/h4-7,10H,8-9H2,1-3H3,(H,22,24)(H,20,21,23). The first-order valence-corrected chi connectivity index (χ1v) is 8.07. The molecule has 0 aliphatic heterocycles. The fourth-order valence-electron chi connectivity index (χ4n) is 1.92. The number of benzene rings is 1. The Bertz CT molecular complexity index is 732. The van der Waals surface area contributed by atoms with Gasteiger partial charge in [0.2, 0.25) is 5.28 Å². The summed E-state index contributed by atoms with van der Waals surface area (Å²) in [4.78, 5) is 19.0. The summed E-state index contributed by atoms with van der Waals surface area (Å²) in [5, 5.41) is 5.53. The molecule has 8 heteroatoms. The van der Waals surface area contributed by atoms with Crippen molar-refractivity contribution in [2.45, 2.75) is 39.5 Å². The molecule has 1 aromatic heterocycles. The van der Waals surface area contributed by atoms with E-state index in [1.165, 1.54) is 0 Å². The van der Waals surface area contributed by atoms with Gasteiger partial charge in [-0.25, -0.2) is 14.2 Å². The number of nitrogens with one attached hydrogen (secondary N) is 2. The maximum Gasteiger partial charge on any atom is 0.407 e. The molecule has 0 atom stereocenters. The third kappa shape index (κ3) is 6.54. The van der Waals surface area contributed by atoms with Crippen molar-refractivity contribution >= 4 is 23.5 Å². The van der Waals surface area contributed by atoms with Crippen molar-refractivity contribution in [3.8, 4) is 0 Å². The summed E-state index contributed by atoms with van der Waals surface area (Å²) >= 11 is 5.65. The molecule has 25 heavy (non-hydrogen) atoms. The molecule has 2 aromatic rings. The van der Waals surface area contributed by atoms with Gasteiger partial charge in [0.25, 0.3) is 0 Å². The molecule has 0 aliphatic rings. The van der Waals surface area contributed by atoms with E-state index in [4.69, 9.17) is 16.3 Å². The number of anilines is 1. The van der Waals surface area contributed by atoms with E-state index in [0.29, 0.717) is 13.1 Å². The average Bonchev–Trinajstić information content (AvgIpc) is 2.53. The van der Waals surface area contributed by atoms with Crippen LogP contribution in [0, 0.1) is 5.82 Å². The maximum absolute atomic E-state index is 13.5. The fraction of sp³-hybridized carbons (Fsp3) is 0.353. The second kappa shape index (κ2) is 8.11. The average molecular weight is 367 g/mol. The molecule has 6 nitrogen and oxygen atoms in total. The van der Waals surface area contributed by atoms with Crippen LogP contribution < -0.4 is 10.6 Å². The number of nitrogens with zero attached hydrogens (tertiary/aromatic N) is 2. The van der Waals surface area contributed by atoms with E-state index in [9.17, 15) is 9.18 Å². The molecule has 2 rings (SSSR count). The first kappa shape index (κ1) is 18.9. The molecule has 1 heterocycles. The first-order valence-electron chi connectivity index (χ1n) is 7.69. The molecule has 0 saturated carbocycles. The topological polar surface area (TPSA) is 76.1 Å². The van der Waals surface area contributed by atoms with Crippen molar-refractivity contribution in [1.82, 2.24) is 15.3 Å². The lowest BCUT2D eigenvalue weighted by atomic mass is 10.1. The Labute approximate surface area is 150 Å². The van der Waals surface area contributed by atoms with Crippen molar-refractivity contribution < 1.29 is 13.9 Å². The Morgan fingerprint density at radius 2 is 1.80 bits per heavy atom. The number of carbonyl (C=O) groups is 1. The minimum Gasteiger partial charge on any atom is -0.444 e. The summed E-state index contributed by atoms with van der Waals surface area (Å²) in [6, 6.07) is 7.50. The van der Waals surface area contributed by atoms with E-state index < -0.39 is 17.5 Å². The number of halogens is 2. The largest absolute Gasteiger partial charge is 0.444 e. The van der Waals surface area contributed by atoms with Crippen LogP contribution in [0.15, 0.2) is 30.5 Å². The summed E-state index contributed by atoms with van der Waals surface area (Å²) in [6.07, 6.45) is 0.553. The molecule has 2 N–H and O–H groups in total. The van der Waals surface area contributed by atoms with Crippen molar-refractivity contribution in [1.29, 1.82) is 0 Å². The van der Waals surface area contributed by atoms with Gasteiger partial charge in [-0.2, -0.15) is 4.98 Å². The fourth-order valence-corrected chi connectivity index (χ4v) is 2.05. The van der Waals surface area contributed by atoms with Crippen LogP contribution in [0.4, 0.5) is 15.0 Å². The van der Waals surface area contributed by atoms with Crippen molar-refractivity contribution in [2.75, 3.05) is 5.32 Å². The predicted molar refractivity (Wildman–Crippen MR) is 93.8 cm³/mol. The van der Waals surface area contributed by atoms with Gasteiger partial charge in [-0.15, -0.1) is 0 Å². The maximum atomic E-state index is 13.5. The highest BCUT2D eigenvalue weighted by molar-refractivity contribution is 6.28. The lowest BCUT2D eigenvalue weighted by Gasteiger charge is -2.19. The zero-order valence-corrected chi connectivity index (χ0v) is 15.0. The minimum absolute atomic E-state index is 0.0209. The lowest BCUT2D eigenvalue weighted by Crippen LogP contribution is -2.32. The summed E-state index contributed by atoms with van der Waals surface area (Å²) in [7, 11) is 0. The molecule has 0 saturated heterocycles. The quantitative estimate of drug-likeness (QED) is 0.785. The van der Waals surface area contributed by atoms with Crippen LogP contribution in [0.25, 0.3) is 0 Å². The number of rotatable bonds is 5. The van der Waals surface area contributed by atoms with Gasteiger partial charge in [-0.1, -0.05) is 24.3 Å². The zero-order valence-electron chi connectivity index (χ0n) is 14.3. The number of carbonyl (C=O) groups excluding carboxylic acids is 1. The Morgan fingerprint density at radius 1 is 1.20 bits per heavy atom. The Hall–Kier alpha value is -2.41. The van der Waals surface area contributed by atoms with Crippen LogP contribution in [0.3, 0.4) is 0 Å². The van der Waals surface area contributed by atoms with Gasteiger partial charge >= 0.3 is 6.09 Å². The minimum atomic E-state index is -0.567. The molecule has 1 aromatic carbocycles. The number of amides is 1. The van der Waals surface area contributed by atoms with Gasteiger partial charge in [0.05, 0.1) is 6.20 Å². The molecule has 0 unspecified atom stereocenters. The van der Waals surface area contributed by atoms with Gasteiger partial charge in [-0.3, -0.25) is 0 Å². The predicted octanol–water partition coefficient (Wildman–Crippen LogP) is 3.91. The monoisotopic (exact) mass is 366 g/mol. The number of ether oxygens (including phenoxy) is 1. The highest BCUT2D eigenvalue weighted by Crippen LogP contribution is 2.14. The zero-order chi connectivity index (χ0) is 18.4. The summed E-state index contributed by atoms with van der Waals surface area (Å²) in [5.74, 6) is -0.516. The SMILES string of the molecule is CC(C)(C)OC(=O)NCc1ccc(CNc2nc(Cl)ncc2F)cc1. The summed E-state index contributed by atoms with van der Waals surface area (Å²) in [6.45, 7) is 6.16.